The van der Waals surface area contributed by atoms with Crippen LogP contribution in [0.2, 0.25) is 5.02 Å². The summed E-state index contributed by atoms with van der Waals surface area (Å²) in [5, 5.41) is 7.05. The minimum atomic E-state index is -0.658. The summed E-state index contributed by atoms with van der Waals surface area (Å²) >= 11 is 5.92. The van der Waals surface area contributed by atoms with E-state index in [1.54, 1.807) is 55.5 Å². The topological polar surface area (TPSA) is 90.7 Å². The van der Waals surface area contributed by atoms with Gasteiger partial charge in [0, 0.05) is 16.1 Å². The Labute approximate surface area is 166 Å². The molecule has 28 heavy (non-hydrogen) atoms. The van der Waals surface area contributed by atoms with E-state index in [9.17, 15) is 9.59 Å². The third-order valence-electron chi connectivity index (χ3n) is 3.85. The largest absolute Gasteiger partial charge is 0.497 e. The number of hydrogen-bond donors (Lipinski definition) is 1. The van der Waals surface area contributed by atoms with Crippen LogP contribution < -0.4 is 10.1 Å². The average molecular weight is 401 g/mol. The highest BCUT2D eigenvalue weighted by molar-refractivity contribution is 6.30. The third-order valence-corrected chi connectivity index (χ3v) is 4.10. The van der Waals surface area contributed by atoms with E-state index in [4.69, 9.17) is 25.6 Å². The number of ether oxygens (including phenoxy) is 2. The van der Waals surface area contributed by atoms with Crippen molar-refractivity contribution in [1.82, 2.24) is 5.16 Å². The number of rotatable bonds is 6. The van der Waals surface area contributed by atoms with Gasteiger partial charge in [-0.2, -0.15) is 0 Å². The maximum Gasteiger partial charge on any atom is 0.346 e. The van der Waals surface area contributed by atoms with Gasteiger partial charge >= 0.3 is 5.97 Å². The maximum absolute atomic E-state index is 12.6. The number of carbonyl (C=O) groups is 2. The molecule has 144 valence electrons. The standard InChI is InChI=1S/C20H17ClN2O5/c1-3-27-20(25)16-17(12-7-9-14(21)10-8-12)23-28-19(16)22-18(24)13-5-4-6-15(11-13)26-2/h4-11H,3H2,1-2H3,(H,22,24). The number of esters is 1. The van der Waals surface area contributed by atoms with Crippen LogP contribution in [0.15, 0.2) is 53.1 Å². The molecule has 1 N–H and O–H groups in total. The first-order valence-corrected chi connectivity index (χ1v) is 8.79. The molecule has 1 aromatic heterocycles. The zero-order valence-electron chi connectivity index (χ0n) is 15.2. The van der Waals surface area contributed by atoms with Crippen molar-refractivity contribution in [3.63, 3.8) is 0 Å². The Morgan fingerprint density at radius 3 is 2.61 bits per heavy atom. The van der Waals surface area contributed by atoms with Crippen LogP contribution in [0.25, 0.3) is 11.3 Å². The molecule has 3 aromatic rings. The van der Waals surface area contributed by atoms with Gasteiger partial charge in [0.2, 0.25) is 5.88 Å². The van der Waals surface area contributed by atoms with Crippen LogP contribution in [-0.4, -0.2) is 30.7 Å². The molecule has 3 rings (SSSR count). The van der Waals surface area contributed by atoms with Crippen molar-refractivity contribution in [2.75, 3.05) is 19.0 Å². The Morgan fingerprint density at radius 2 is 1.93 bits per heavy atom. The molecule has 0 spiro atoms. The van der Waals surface area contributed by atoms with E-state index in [1.807, 2.05) is 0 Å². The predicted molar refractivity (Wildman–Crippen MR) is 104 cm³/mol. The Bertz CT molecular complexity index is 998. The molecule has 0 aliphatic rings. The van der Waals surface area contributed by atoms with Crippen molar-refractivity contribution in [2.45, 2.75) is 6.92 Å². The van der Waals surface area contributed by atoms with Crippen LogP contribution in [0.5, 0.6) is 5.75 Å². The van der Waals surface area contributed by atoms with E-state index in [1.165, 1.54) is 7.11 Å². The first kappa shape index (κ1) is 19.4. The fourth-order valence-corrected chi connectivity index (χ4v) is 2.64. The summed E-state index contributed by atoms with van der Waals surface area (Å²) in [4.78, 5) is 25.1. The van der Waals surface area contributed by atoms with Gasteiger partial charge in [0.25, 0.3) is 5.91 Å². The smallest absolute Gasteiger partial charge is 0.346 e. The summed E-state index contributed by atoms with van der Waals surface area (Å²) in [6.45, 7) is 1.84. The second-order valence-electron chi connectivity index (χ2n) is 5.65. The maximum atomic E-state index is 12.6. The molecule has 0 fully saturated rings. The lowest BCUT2D eigenvalue weighted by atomic mass is 10.1. The summed E-state index contributed by atoms with van der Waals surface area (Å²) in [7, 11) is 1.50. The lowest BCUT2D eigenvalue weighted by Crippen LogP contribution is -2.15. The Balaban J connectivity index is 1.97. The van der Waals surface area contributed by atoms with Gasteiger partial charge < -0.3 is 14.0 Å². The van der Waals surface area contributed by atoms with E-state index < -0.39 is 11.9 Å². The number of benzene rings is 2. The van der Waals surface area contributed by atoms with Crippen molar-refractivity contribution < 1.29 is 23.6 Å². The molecule has 0 saturated heterocycles. The van der Waals surface area contributed by atoms with Crippen molar-refractivity contribution >= 4 is 29.4 Å². The van der Waals surface area contributed by atoms with Gasteiger partial charge in [0.1, 0.15) is 11.4 Å². The highest BCUT2D eigenvalue weighted by atomic mass is 35.5. The number of hydrogen-bond acceptors (Lipinski definition) is 6. The predicted octanol–water partition coefficient (Wildman–Crippen LogP) is 4.43. The molecule has 2 aromatic carbocycles. The van der Waals surface area contributed by atoms with Crippen molar-refractivity contribution in [3.05, 3.63) is 64.7 Å². The van der Waals surface area contributed by atoms with Crippen LogP contribution in [-0.2, 0) is 4.74 Å². The van der Waals surface area contributed by atoms with E-state index >= 15 is 0 Å². The molecule has 0 saturated carbocycles. The van der Waals surface area contributed by atoms with Gasteiger partial charge in [-0.1, -0.05) is 35.0 Å². The SMILES string of the molecule is CCOC(=O)c1c(-c2ccc(Cl)cc2)noc1NC(=O)c1cccc(OC)c1. The lowest BCUT2D eigenvalue weighted by molar-refractivity contribution is 0.0528. The quantitative estimate of drug-likeness (QED) is 0.615. The number of methoxy groups -OCH3 is 1. The second kappa shape index (κ2) is 8.58. The molecule has 0 unspecified atom stereocenters. The monoisotopic (exact) mass is 400 g/mol. The second-order valence-corrected chi connectivity index (χ2v) is 6.09. The lowest BCUT2D eigenvalue weighted by Gasteiger charge is -2.07. The van der Waals surface area contributed by atoms with Gasteiger partial charge in [-0.3, -0.25) is 10.1 Å². The van der Waals surface area contributed by atoms with E-state index in [2.05, 4.69) is 10.5 Å². The fraction of sp³-hybridized carbons (Fsp3) is 0.150. The summed E-state index contributed by atoms with van der Waals surface area (Å²) in [5.41, 5.74) is 1.20. The summed E-state index contributed by atoms with van der Waals surface area (Å²) in [6.07, 6.45) is 0. The first-order valence-electron chi connectivity index (χ1n) is 8.41. The molecular formula is C20H17ClN2O5. The van der Waals surface area contributed by atoms with Crippen LogP contribution >= 0.6 is 11.6 Å². The van der Waals surface area contributed by atoms with Gasteiger partial charge in [-0.15, -0.1) is 0 Å². The zero-order valence-corrected chi connectivity index (χ0v) is 15.9. The molecule has 1 amide bonds. The number of anilines is 1. The molecule has 7 nitrogen and oxygen atoms in total. The third kappa shape index (κ3) is 4.15. The number of nitrogens with zero attached hydrogens (tertiary/aromatic N) is 1. The zero-order chi connectivity index (χ0) is 20.1. The van der Waals surface area contributed by atoms with Crippen molar-refractivity contribution in [1.29, 1.82) is 0 Å². The first-order chi connectivity index (χ1) is 13.5. The molecule has 0 radical (unpaired) electrons. The number of nitrogens with one attached hydrogen (secondary N) is 1. The minimum Gasteiger partial charge on any atom is -0.497 e. The summed E-state index contributed by atoms with van der Waals surface area (Å²) in [6, 6.07) is 13.3. The van der Waals surface area contributed by atoms with Crippen LogP contribution in [0, 0.1) is 0 Å². The molecule has 0 atom stereocenters. The molecule has 0 bridgehead atoms. The fourth-order valence-electron chi connectivity index (χ4n) is 2.51. The Hall–Kier alpha value is -3.32. The number of aromatic nitrogens is 1. The highest BCUT2D eigenvalue weighted by Gasteiger charge is 2.27. The van der Waals surface area contributed by atoms with Gasteiger partial charge in [-0.25, -0.2) is 4.79 Å². The number of amides is 1. The van der Waals surface area contributed by atoms with E-state index in [-0.39, 0.29) is 23.7 Å². The Kier molecular flexibility index (Phi) is 5.96. The van der Waals surface area contributed by atoms with Gasteiger partial charge in [0.05, 0.1) is 13.7 Å². The van der Waals surface area contributed by atoms with E-state index in [0.717, 1.165) is 0 Å². The highest BCUT2D eigenvalue weighted by Crippen LogP contribution is 2.31. The summed E-state index contributed by atoms with van der Waals surface area (Å²) in [5.74, 6) is -0.716. The molecule has 8 heteroatoms. The molecule has 0 aliphatic heterocycles. The van der Waals surface area contributed by atoms with Crippen LogP contribution in [0.1, 0.15) is 27.6 Å². The van der Waals surface area contributed by atoms with Gasteiger partial charge in [0.15, 0.2) is 5.56 Å². The molecule has 1 heterocycles. The van der Waals surface area contributed by atoms with E-state index in [0.29, 0.717) is 21.9 Å². The normalized spacial score (nSPS) is 10.4. The van der Waals surface area contributed by atoms with Crippen molar-refractivity contribution in [3.8, 4) is 17.0 Å². The van der Waals surface area contributed by atoms with Gasteiger partial charge in [-0.05, 0) is 37.3 Å². The number of carbonyl (C=O) groups excluding carboxylic acids is 2. The minimum absolute atomic E-state index is 0.0282. The molecule has 0 aliphatic carbocycles. The Morgan fingerprint density at radius 1 is 1.18 bits per heavy atom. The molecular weight excluding hydrogens is 384 g/mol. The average Bonchev–Trinajstić information content (AvgIpc) is 3.12. The van der Waals surface area contributed by atoms with Crippen LogP contribution in [0.4, 0.5) is 5.88 Å². The van der Waals surface area contributed by atoms with Crippen molar-refractivity contribution in [2.24, 2.45) is 0 Å². The van der Waals surface area contributed by atoms with Crippen LogP contribution in [0.3, 0.4) is 0 Å². The number of halogens is 1. The summed E-state index contributed by atoms with van der Waals surface area (Å²) < 4.78 is 15.5.